The number of unbranched alkanes of at least 4 members (excludes halogenated alkanes) is 1. The summed E-state index contributed by atoms with van der Waals surface area (Å²) in [6.45, 7) is 4.36. The molecule has 8 aromatic carbocycles. The summed E-state index contributed by atoms with van der Waals surface area (Å²) in [6.07, 6.45) is 2.64. The number of hydrogen-bond donors (Lipinski definition) is 0. The lowest BCUT2D eigenvalue weighted by Crippen LogP contribution is -1.97. The Morgan fingerprint density at radius 1 is 0.392 bits per heavy atom. The van der Waals surface area contributed by atoms with Crippen molar-refractivity contribution in [3.63, 3.8) is 0 Å². The second-order valence-corrected chi connectivity index (χ2v) is 13.0. The molecule has 9 rings (SSSR count). The first-order valence-corrected chi connectivity index (χ1v) is 18.0. The standard InChI is InChI=1S/C45H30N2.C4H10/c1-4-15-31(16-5-1)43-37-23-10-11-24-38(37)44(32-17-6-2-7-18-32)40-30-34(27-28-39(40)43)33-19-14-20-35(29-33)45-46-41-25-12-13-26-42(41)47(45)36-21-8-3-9-22-36;1-3-4-2/h1-30H;3-4H2,1-2H3. The maximum atomic E-state index is 5.14. The van der Waals surface area contributed by atoms with Crippen molar-refractivity contribution >= 4 is 32.6 Å². The number of hydrogen-bond acceptors (Lipinski definition) is 1. The molecule has 0 aliphatic carbocycles. The van der Waals surface area contributed by atoms with Crippen LogP contribution in [0.2, 0.25) is 0 Å². The summed E-state index contributed by atoms with van der Waals surface area (Å²) in [5.74, 6) is 0.933. The third-order valence-electron chi connectivity index (χ3n) is 9.68. The van der Waals surface area contributed by atoms with Crippen LogP contribution < -0.4 is 0 Å². The Bertz CT molecular complexity index is 2580. The summed E-state index contributed by atoms with van der Waals surface area (Å²) in [7, 11) is 0. The van der Waals surface area contributed by atoms with Gasteiger partial charge in [0.05, 0.1) is 11.0 Å². The Morgan fingerprint density at radius 3 is 1.53 bits per heavy atom. The molecule has 51 heavy (non-hydrogen) atoms. The fourth-order valence-corrected chi connectivity index (χ4v) is 7.09. The van der Waals surface area contributed by atoms with Crippen molar-refractivity contribution in [2.75, 3.05) is 0 Å². The molecular weight excluding hydrogens is 617 g/mol. The summed E-state index contributed by atoms with van der Waals surface area (Å²) in [5, 5.41) is 5.01. The monoisotopic (exact) mass is 656 g/mol. The van der Waals surface area contributed by atoms with Gasteiger partial charge in [-0.05, 0) is 91.3 Å². The Balaban J connectivity index is 0.000000890. The molecular formula is C49H40N2. The van der Waals surface area contributed by atoms with E-state index in [-0.39, 0.29) is 0 Å². The summed E-state index contributed by atoms with van der Waals surface area (Å²) in [6, 6.07) is 65.1. The van der Waals surface area contributed by atoms with E-state index in [4.69, 9.17) is 4.98 Å². The van der Waals surface area contributed by atoms with E-state index >= 15 is 0 Å². The van der Waals surface area contributed by atoms with Crippen LogP contribution in [0.1, 0.15) is 26.7 Å². The zero-order valence-corrected chi connectivity index (χ0v) is 29.1. The van der Waals surface area contributed by atoms with Gasteiger partial charge in [0.15, 0.2) is 0 Å². The van der Waals surface area contributed by atoms with Gasteiger partial charge in [-0.25, -0.2) is 4.98 Å². The first-order chi connectivity index (χ1) is 25.2. The lowest BCUT2D eigenvalue weighted by molar-refractivity contribution is 0.886. The van der Waals surface area contributed by atoms with E-state index in [0.29, 0.717) is 0 Å². The van der Waals surface area contributed by atoms with Crippen molar-refractivity contribution in [3.8, 4) is 50.5 Å². The average Bonchev–Trinajstić information content (AvgIpc) is 3.61. The highest BCUT2D eigenvalue weighted by Crippen LogP contribution is 2.45. The van der Waals surface area contributed by atoms with Gasteiger partial charge in [0.25, 0.3) is 0 Å². The van der Waals surface area contributed by atoms with Gasteiger partial charge in [0.1, 0.15) is 5.82 Å². The first-order valence-electron chi connectivity index (χ1n) is 18.0. The van der Waals surface area contributed by atoms with Gasteiger partial charge in [-0.3, -0.25) is 4.57 Å². The first kappa shape index (κ1) is 32.0. The van der Waals surface area contributed by atoms with E-state index in [9.17, 15) is 0 Å². The van der Waals surface area contributed by atoms with Crippen molar-refractivity contribution in [1.29, 1.82) is 0 Å². The molecule has 0 fully saturated rings. The van der Waals surface area contributed by atoms with Crippen LogP contribution in [0.3, 0.4) is 0 Å². The van der Waals surface area contributed by atoms with Gasteiger partial charge in [-0.15, -0.1) is 0 Å². The number of fused-ring (bicyclic) bond motifs is 3. The van der Waals surface area contributed by atoms with Crippen LogP contribution in [-0.4, -0.2) is 9.55 Å². The molecule has 0 radical (unpaired) electrons. The Kier molecular flexibility index (Phi) is 8.97. The molecule has 0 spiro atoms. The fraction of sp³-hybridized carbons (Fsp3) is 0.0816. The van der Waals surface area contributed by atoms with Gasteiger partial charge in [0, 0.05) is 11.3 Å². The summed E-state index contributed by atoms with van der Waals surface area (Å²) < 4.78 is 2.26. The third-order valence-corrected chi connectivity index (χ3v) is 9.68. The lowest BCUT2D eigenvalue weighted by Gasteiger charge is -2.19. The topological polar surface area (TPSA) is 17.8 Å². The minimum Gasteiger partial charge on any atom is -0.292 e. The molecule has 0 N–H and O–H groups in total. The minimum absolute atomic E-state index is 0.933. The van der Waals surface area contributed by atoms with Gasteiger partial charge in [0.2, 0.25) is 0 Å². The molecule has 0 aliphatic rings. The number of benzene rings is 8. The molecule has 0 aliphatic heterocycles. The lowest BCUT2D eigenvalue weighted by atomic mass is 9.85. The van der Waals surface area contributed by atoms with E-state index in [0.717, 1.165) is 33.7 Å². The highest BCUT2D eigenvalue weighted by Gasteiger charge is 2.18. The second-order valence-electron chi connectivity index (χ2n) is 13.0. The Morgan fingerprint density at radius 2 is 0.882 bits per heavy atom. The second kappa shape index (κ2) is 14.3. The number of imidazole rings is 1. The van der Waals surface area contributed by atoms with Gasteiger partial charge in [-0.1, -0.05) is 172 Å². The number of aromatic nitrogens is 2. The minimum atomic E-state index is 0.933. The maximum absolute atomic E-state index is 5.14. The summed E-state index contributed by atoms with van der Waals surface area (Å²) in [4.78, 5) is 5.14. The molecule has 0 saturated carbocycles. The number of nitrogens with zero attached hydrogens (tertiary/aromatic N) is 2. The normalized spacial score (nSPS) is 11.1. The summed E-state index contributed by atoms with van der Waals surface area (Å²) in [5.41, 5.74) is 11.6. The molecule has 9 aromatic rings. The molecule has 0 unspecified atom stereocenters. The molecule has 0 bridgehead atoms. The van der Waals surface area contributed by atoms with Gasteiger partial charge >= 0.3 is 0 Å². The molecule has 2 heteroatoms. The van der Waals surface area contributed by atoms with Gasteiger partial charge in [-0.2, -0.15) is 0 Å². The van der Waals surface area contributed by atoms with Crippen LogP contribution in [-0.2, 0) is 0 Å². The molecule has 246 valence electrons. The highest BCUT2D eigenvalue weighted by atomic mass is 15.1. The molecule has 1 heterocycles. The number of para-hydroxylation sites is 3. The van der Waals surface area contributed by atoms with E-state index in [2.05, 4.69) is 200 Å². The highest BCUT2D eigenvalue weighted by molar-refractivity contribution is 6.22. The van der Waals surface area contributed by atoms with E-state index < -0.39 is 0 Å². The number of rotatable bonds is 6. The van der Waals surface area contributed by atoms with Crippen LogP contribution in [0.4, 0.5) is 0 Å². The van der Waals surface area contributed by atoms with Gasteiger partial charge < -0.3 is 0 Å². The fourth-order valence-electron chi connectivity index (χ4n) is 7.09. The molecule has 0 saturated heterocycles. The van der Waals surface area contributed by atoms with Crippen LogP contribution in [0, 0.1) is 0 Å². The zero-order valence-electron chi connectivity index (χ0n) is 29.1. The smallest absolute Gasteiger partial charge is 0.145 e. The predicted molar refractivity (Wildman–Crippen MR) is 218 cm³/mol. The molecule has 2 nitrogen and oxygen atoms in total. The summed E-state index contributed by atoms with van der Waals surface area (Å²) >= 11 is 0. The van der Waals surface area contributed by atoms with Crippen LogP contribution >= 0.6 is 0 Å². The van der Waals surface area contributed by atoms with E-state index in [1.54, 1.807) is 0 Å². The Labute approximate surface area is 300 Å². The van der Waals surface area contributed by atoms with Crippen molar-refractivity contribution < 1.29 is 0 Å². The largest absolute Gasteiger partial charge is 0.292 e. The zero-order chi connectivity index (χ0) is 34.6. The van der Waals surface area contributed by atoms with E-state index in [1.165, 1.54) is 62.2 Å². The predicted octanol–water partition coefficient (Wildman–Crippen LogP) is 13.8. The van der Waals surface area contributed by atoms with Crippen molar-refractivity contribution in [2.24, 2.45) is 0 Å². The molecule has 1 aromatic heterocycles. The molecule has 0 amide bonds. The van der Waals surface area contributed by atoms with Crippen molar-refractivity contribution in [3.05, 3.63) is 182 Å². The Hall–Kier alpha value is -6.25. The molecule has 0 atom stereocenters. The third kappa shape index (κ3) is 6.11. The van der Waals surface area contributed by atoms with Crippen LogP contribution in [0.25, 0.3) is 83.0 Å². The van der Waals surface area contributed by atoms with Crippen molar-refractivity contribution in [1.82, 2.24) is 9.55 Å². The SMILES string of the molecule is CCCC.c1ccc(-c2c3ccccc3c(-c3ccccc3)c3cc(-c4cccc(-c5nc6ccccc6n5-c5ccccc5)c4)ccc23)cc1. The van der Waals surface area contributed by atoms with Crippen molar-refractivity contribution in [2.45, 2.75) is 26.7 Å². The van der Waals surface area contributed by atoms with E-state index in [1.807, 2.05) is 0 Å². The van der Waals surface area contributed by atoms with Crippen LogP contribution in [0.15, 0.2) is 182 Å². The average molecular weight is 657 g/mol. The van der Waals surface area contributed by atoms with Crippen LogP contribution in [0.5, 0.6) is 0 Å². The quantitative estimate of drug-likeness (QED) is 0.163. The maximum Gasteiger partial charge on any atom is 0.145 e.